The number of nitrogens with two attached hydrogens (primary N) is 1. The first-order chi connectivity index (χ1) is 9.76. The third-order valence-corrected chi connectivity index (χ3v) is 3.57. The molecule has 0 saturated heterocycles. The van der Waals surface area contributed by atoms with Crippen LogP contribution < -0.4 is 16.6 Å². The third-order valence-electron chi connectivity index (χ3n) is 3.57. The van der Waals surface area contributed by atoms with E-state index >= 15 is 0 Å². The molecule has 20 heavy (non-hydrogen) atoms. The fourth-order valence-corrected chi connectivity index (χ4v) is 2.36. The Hall–Kier alpha value is -1.40. The number of rotatable bonds is 9. The fourth-order valence-electron chi connectivity index (χ4n) is 2.36. The summed E-state index contributed by atoms with van der Waals surface area (Å²) in [6, 6.07) is 2.66. The van der Waals surface area contributed by atoms with Crippen LogP contribution in [0, 0.1) is 0 Å². The molecular formula is C14H26N6. The molecule has 1 aromatic heterocycles. The highest BCUT2D eigenvalue weighted by Crippen LogP contribution is 2.26. The lowest BCUT2D eigenvalue weighted by molar-refractivity contribution is 0.289. The molecule has 0 aromatic carbocycles. The minimum atomic E-state index is 0.667. The van der Waals surface area contributed by atoms with Crippen molar-refractivity contribution in [2.45, 2.75) is 45.6 Å². The molecule has 1 fully saturated rings. The zero-order chi connectivity index (χ0) is 14.4. The molecule has 112 valence electrons. The van der Waals surface area contributed by atoms with Crippen LogP contribution >= 0.6 is 0 Å². The van der Waals surface area contributed by atoms with Crippen LogP contribution in [-0.2, 0) is 6.42 Å². The summed E-state index contributed by atoms with van der Waals surface area (Å²) in [6.07, 6.45) is 4.60. The second kappa shape index (κ2) is 7.40. The number of anilines is 2. The first kappa shape index (κ1) is 15.0. The highest BCUT2D eigenvalue weighted by Gasteiger charge is 2.27. The van der Waals surface area contributed by atoms with E-state index in [0.717, 1.165) is 50.2 Å². The number of aromatic nitrogens is 2. The van der Waals surface area contributed by atoms with E-state index in [1.807, 2.05) is 6.07 Å². The van der Waals surface area contributed by atoms with Gasteiger partial charge in [-0.15, -0.1) is 0 Å². The molecule has 1 aliphatic carbocycles. The van der Waals surface area contributed by atoms with Gasteiger partial charge in [0.15, 0.2) is 0 Å². The third kappa shape index (κ3) is 4.31. The Kier molecular flexibility index (Phi) is 5.55. The number of nitrogens with one attached hydrogen (secondary N) is 2. The van der Waals surface area contributed by atoms with E-state index in [0.29, 0.717) is 5.82 Å². The van der Waals surface area contributed by atoms with Crippen molar-refractivity contribution in [3.05, 3.63) is 11.9 Å². The van der Waals surface area contributed by atoms with Gasteiger partial charge in [0, 0.05) is 31.6 Å². The summed E-state index contributed by atoms with van der Waals surface area (Å²) in [5.41, 5.74) is 2.60. The standard InChI is InChI=1S/C14H26N6/c1-3-5-12-17-13(10-14(18-12)19-15)16-8-9-20(4-2)11-6-7-11/h10-11H,3-9,15H2,1-2H3,(H2,16,17,18,19). The molecule has 0 aliphatic heterocycles. The monoisotopic (exact) mass is 278 g/mol. The maximum atomic E-state index is 5.45. The Morgan fingerprint density at radius 2 is 2.05 bits per heavy atom. The molecule has 2 rings (SSSR count). The van der Waals surface area contributed by atoms with Crippen LogP contribution in [0.25, 0.3) is 0 Å². The summed E-state index contributed by atoms with van der Waals surface area (Å²) in [6.45, 7) is 7.41. The average molecular weight is 278 g/mol. The molecule has 1 saturated carbocycles. The van der Waals surface area contributed by atoms with Gasteiger partial charge in [-0.05, 0) is 25.8 Å². The van der Waals surface area contributed by atoms with Gasteiger partial charge in [-0.3, -0.25) is 4.90 Å². The molecule has 4 N–H and O–H groups in total. The van der Waals surface area contributed by atoms with Gasteiger partial charge in [0.05, 0.1) is 0 Å². The molecule has 1 aromatic rings. The van der Waals surface area contributed by atoms with Crippen LogP contribution in [0.5, 0.6) is 0 Å². The number of nitrogen functional groups attached to an aromatic ring is 1. The van der Waals surface area contributed by atoms with Crippen molar-refractivity contribution >= 4 is 11.6 Å². The summed E-state index contributed by atoms with van der Waals surface area (Å²) in [7, 11) is 0. The lowest BCUT2D eigenvalue weighted by Crippen LogP contribution is -2.31. The number of nitrogens with zero attached hydrogens (tertiary/aromatic N) is 3. The first-order valence-electron chi connectivity index (χ1n) is 7.59. The van der Waals surface area contributed by atoms with Crippen molar-refractivity contribution in [3.63, 3.8) is 0 Å². The van der Waals surface area contributed by atoms with Crippen LogP contribution in [-0.4, -0.2) is 40.5 Å². The maximum absolute atomic E-state index is 5.45. The normalized spacial score (nSPS) is 14.6. The molecule has 0 radical (unpaired) electrons. The van der Waals surface area contributed by atoms with E-state index in [-0.39, 0.29) is 0 Å². The summed E-state index contributed by atoms with van der Waals surface area (Å²) in [4.78, 5) is 11.4. The van der Waals surface area contributed by atoms with Gasteiger partial charge in [0.25, 0.3) is 0 Å². The van der Waals surface area contributed by atoms with Crippen molar-refractivity contribution in [2.24, 2.45) is 5.84 Å². The van der Waals surface area contributed by atoms with E-state index in [2.05, 4.69) is 39.5 Å². The highest BCUT2D eigenvalue weighted by atomic mass is 15.3. The minimum absolute atomic E-state index is 0.667. The van der Waals surface area contributed by atoms with E-state index in [1.165, 1.54) is 12.8 Å². The van der Waals surface area contributed by atoms with Gasteiger partial charge in [0.1, 0.15) is 17.5 Å². The van der Waals surface area contributed by atoms with Gasteiger partial charge in [0.2, 0.25) is 0 Å². The van der Waals surface area contributed by atoms with Crippen molar-refractivity contribution in [1.82, 2.24) is 14.9 Å². The van der Waals surface area contributed by atoms with Crippen LogP contribution in [0.4, 0.5) is 11.6 Å². The fraction of sp³-hybridized carbons (Fsp3) is 0.714. The minimum Gasteiger partial charge on any atom is -0.369 e. The van der Waals surface area contributed by atoms with Crippen molar-refractivity contribution < 1.29 is 0 Å². The first-order valence-corrected chi connectivity index (χ1v) is 7.59. The SMILES string of the molecule is CCCc1nc(NN)cc(NCCN(CC)C2CC2)n1. The van der Waals surface area contributed by atoms with Gasteiger partial charge < -0.3 is 10.7 Å². The summed E-state index contributed by atoms with van der Waals surface area (Å²) < 4.78 is 0. The Labute approximate surface area is 121 Å². The number of hydrazine groups is 1. The topological polar surface area (TPSA) is 79.1 Å². The Bertz CT molecular complexity index is 418. The number of aryl methyl sites for hydroxylation is 1. The van der Waals surface area contributed by atoms with Gasteiger partial charge >= 0.3 is 0 Å². The smallest absolute Gasteiger partial charge is 0.145 e. The predicted molar refractivity (Wildman–Crippen MR) is 82.6 cm³/mol. The molecule has 0 unspecified atom stereocenters. The number of hydrogen-bond donors (Lipinski definition) is 3. The molecule has 1 aliphatic rings. The summed E-state index contributed by atoms with van der Waals surface area (Å²) in [5.74, 6) is 7.80. The largest absolute Gasteiger partial charge is 0.369 e. The Morgan fingerprint density at radius 3 is 2.65 bits per heavy atom. The lowest BCUT2D eigenvalue weighted by Gasteiger charge is -2.20. The van der Waals surface area contributed by atoms with Gasteiger partial charge in [-0.1, -0.05) is 13.8 Å². The second-order valence-corrected chi connectivity index (χ2v) is 5.24. The van der Waals surface area contributed by atoms with E-state index in [4.69, 9.17) is 5.84 Å². The Balaban J connectivity index is 1.88. The van der Waals surface area contributed by atoms with Crippen LogP contribution in [0.15, 0.2) is 6.07 Å². The van der Waals surface area contributed by atoms with Crippen molar-refractivity contribution in [3.8, 4) is 0 Å². The number of likely N-dealkylation sites (N-methyl/N-ethyl adjacent to an activating group) is 1. The van der Waals surface area contributed by atoms with Crippen molar-refractivity contribution in [2.75, 3.05) is 30.4 Å². The lowest BCUT2D eigenvalue weighted by atomic mass is 10.3. The average Bonchev–Trinajstić information content (AvgIpc) is 3.28. The molecule has 0 spiro atoms. The highest BCUT2D eigenvalue weighted by molar-refractivity contribution is 5.46. The zero-order valence-electron chi connectivity index (χ0n) is 12.5. The molecule has 0 amide bonds. The van der Waals surface area contributed by atoms with Crippen LogP contribution in [0.1, 0.15) is 38.9 Å². The van der Waals surface area contributed by atoms with E-state index in [9.17, 15) is 0 Å². The molecule has 0 bridgehead atoms. The second-order valence-electron chi connectivity index (χ2n) is 5.24. The van der Waals surface area contributed by atoms with E-state index in [1.54, 1.807) is 0 Å². The predicted octanol–water partition coefficient (Wildman–Crippen LogP) is 1.61. The van der Waals surface area contributed by atoms with Gasteiger partial charge in [-0.2, -0.15) is 0 Å². The van der Waals surface area contributed by atoms with Crippen LogP contribution in [0.2, 0.25) is 0 Å². The molecule has 6 heteroatoms. The molecule has 6 nitrogen and oxygen atoms in total. The quantitative estimate of drug-likeness (QED) is 0.470. The molecular weight excluding hydrogens is 252 g/mol. The maximum Gasteiger partial charge on any atom is 0.145 e. The van der Waals surface area contributed by atoms with Crippen LogP contribution in [0.3, 0.4) is 0 Å². The summed E-state index contributed by atoms with van der Waals surface area (Å²) in [5, 5.41) is 3.38. The van der Waals surface area contributed by atoms with Crippen molar-refractivity contribution in [1.29, 1.82) is 0 Å². The summed E-state index contributed by atoms with van der Waals surface area (Å²) >= 11 is 0. The van der Waals surface area contributed by atoms with Gasteiger partial charge in [-0.25, -0.2) is 15.8 Å². The molecule has 0 atom stereocenters. The Morgan fingerprint density at radius 1 is 1.30 bits per heavy atom. The zero-order valence-corrected chi connectivity index (χ0v) is 12.5. The number of hydrogen-bond acceptors (Lipinski definition) is 6. The molecule has 1 heterocycles. The van der Waals surface area contributed by atoms with E-state index < -0.39 is 0 Å².